The molecule has 0 fully saturated rings. The largest absolute Gasteiger partial charge is 0.318 e. The predicted molar refractivity (Wildman–Crippen MR) is 492 cm³/mol. The monoisotopic (exact) mass is 1720 g/mol. The highest BCUT2D eigenvalue weighted by atomic mass is 32.2. The smallest absolute Gasteiger partial charge is 0.271 e. The van der Waals surface area contributed by atoms with Crippen molar-refractivity contribution >= 4 is 112 Å². The number of aryl methyl sites for hydroxylation is 4. The molecule has 0 bridgehead atoms. The molecule has 4 aliphatic heterocycles. The Morgan fingerprint density at radius 2 is 0.626 bits per heavy atom. The van der Waals surface area contributed by atoms with Crippen molar-refractivity contribution in [2.24, 2.45) is 0 Å². The first-order chi connectivity index (χ1) is 59.1. The molecule has 123 heavy (non-hydrogen) atoms. The lowest BCUT2D eigenvalue weighted by Crippen LogP contribution is -2.23. The molecule has 11 heterocycles. The van der Waals surface area contributed by atoms with Crippen LogP contribution in [0.4, 0.5) is 5.69 Å². The van der Waals surface area contributed by atoms with Gasteiger partial charge in [-0.05, 0) is 248 Å². The molecule has 0 unspecified atom stereocenters. The maximum atomic E-state index is 13.7. The van der Waals surface area contributed by atoms with Crippen LogP contribution in [0.5, 0.6) is 0 Å². The van der Waals surface area contributed by atoms with Crippen molar-refractivity contribution in [3.8, 4) is 22.5 Å². The second-order valence-electron chi connectivity index (χ2n) is 31.8. The summed E-state index contributed by atoms with van der Waals surface area (Å²) in [6, 6.07) is 68.9. The van der Waals surface area contributed by atoms with Gasteiger partial charge in [0.1, 0.15) is 0 Å². The van der Waals surface area contributed by atoms with E-state index in [1.54, 1.807) is 122 Å². The van der Waals surface area contributed by atoms with Crippen LogP contribution in [0.1, 0.15) is 70.7 Å². The average Bonchev–Trinajstić information content (AvgIpc) is 1.62. The third-order valence-electron chi connectivity index (χ3n) is 23.6. The van der Waals surface area contributed by atoms with Crippen LogP contribution in [0.15, 0.2) is 312 Å². The fourth-order valence-corrected chi connectivity index (χ4v) is 22.3. The molecule has 628 valence electrons. The molecule has 19 rings (SSSR count). The van der Waals surface area contributed by atoms with E-state index in [1.165, 1.54) is 56.9 Å². The number of rotatable bonds is 16. The van der Waals surface area contributed by atoms with Gasteiger partial charge in [0.05, 0.1) is 46.6 Å². The Kier molecular flexibility index (Phi) is 23.9. The molecule has 0 amide bonds. The topological polar surface area (TPSA) is 235 Å². The summed E-state index contributed by atoms with van der Waals surface area (Å²) in [7, 11) is -6.69. The Morgan fingerprint density at radius 3 is 0.976 bits per heavy atom. The first-order valence-corrected chi connectivity index (χ1v) is 46.6. The van der Waals surface area contributed by atoms with Crippen molar-refractivity contribution in [2.75, 3.05) is 80.5 Å². The Hall–Kier alpha value is -12.4. The first-order valence-electron chi connectivity index (χ1n) is 40.8. The minimum absolute atomic E-state index is 0.140. The summed E-state index contributed by atoms with van der Waals surface area (Å²) < 4.78 is 118. The number of fused-ring (bicyclic) bond motifs is 4. The molecule has 0 aliphatic carbocycles. The van der Waals surface area contributed by atoms with Crippen molar-refractivity contribution in [1.82, 2.24) is 49.6 Å². The molecule has 8 aromatic carbocycles. The van der Waals surface area contributed by atoms with Crippen molar-refractivity contribution in [1.29, 1.82) is 0 Å². The second-order valence-corrected chi connectivity index (χ2v) is 39.1. The maximum absolute atomic E-state index is 13.7. The van der Waals surface area contributed by atoms with Gasteiger partial charge < -0.3 is 28.7 Å². The highest BCUT2D eigenvalue weighted by Crippen LogP contribution is 2.41. The van der Waals surface area contributed by atoms with Gasteiger partial charge in [0.25, 0.3) is 45.8 Å². The molecule has 0 saturated carbocycles. The number of nitro benzene ring substituents is 1. The van der Waals surface area contributed by atoms with E-state index in [0.717, 1.165) is 167 Å². The van der Waals surface area contributed by atoms with Gasteiger partial charge in [-0.25, -0.2) is 49.6 Å². The fraction of sp³-hybridized carbons (Fsp3) is 0.206. The van der Waals surface area contributed by atoms with Crippen LogP contribution in [-0.2, 0) is 40.1 Å². The molecule has 0 saturated heterocycles. The SMILES string of the molecule is CN1CC=C(c2cn(S(=O)(=O)c3ccccc3)c3cc([N+](=O)[O-])ccc23)CC1.CN1CC=C(c2cn(S(=O)(=O)c3ccccc3)c3ccc(-c4ccncc4)cc23)CC1.Cc1ccc(C)n1-c1ccc2c(C3=CCN(C)CC3)cn(S(=O)(=O)c3ccccc3)c2c1.Cc1ccc(C)n1-c1ccc2c(c1)c(C1=CCN(C)CC1)cn2S(=O)(=O)c1ccccc1. The molecule has 0 atom stereocenters. The summed E-state index contributed by atoms with van der Waals surface area (Å²) in [5.41, 5.74) is 19.3. The van der Waals surface area contributed by atoms with E-state index in [4.69, 9.17) is 0 Å². The zero-order chi connectivity index (χ0) is 86.2. The minimum atomic E-state index is -3.88. The van der Waals surface area contributed by atoms with Gasteiger partial charge in [-0.3, -0.25) is 15.1 Å². The van der Waals surface area contributed by atoms with E-state index < -0.39 is 45.0 Å². The summed E-state index contributed by atoms with van der Waals surface area (Å²) >= 11 is 0. The number of hydrogen-bond donors (Lipinski definition) is 0. The molecule has 15 aromatic rings. The third kappa shape index (κ3) is 17.0. The average molecular weight is 1720 g/mol. The minimum Gasteiger partial charge on any atom is -0.318 e. The van der Waals surface area contributed by atoms with E-state index in [1.807, 2.05) is 80.1 Å². The van der Waals surface area contributed by atoms with Crippen LogP contribution in [0.2, 0.25) is 0 Å². The van der Waals surface area contributed by atoms with Crippen LogP contribution in [0.3, 0.4) is 0 Å². The highest BCUT2D eigenvalue weighted by molar-refractivity contribution is 7.91. The number of likely N-dealkylation sites (N-methyl/N-ethyl adjacent to an activating group) is 4. The number of nitrogens with zero attached hydrogens (tertiary/aromatic N) is 12. The number of nitro groups is 1. The van der Waals surface area contributed by atoms with Gasteiger partial charge in [-0.2, -0.15) is 0 Å². The normalized spacial score (nSPS) is 15.3. The van der Waals surface area contributed by atoms with Gasteiger partial charge in [0.2, 0.25) is 0 Å². The van der Waals surface area contributed by atoms with Crippen LogP contribution in [0.25, 0.3) is 88.4 Å². The summed E-state index contributed by atoms with van der Waals surface area (Å²) in [5, 5.41) is 14.8. The molecule has 7 aromatic heterocycles. The van der Waals surface area contributed by atoms with Gasteiger partial charge in [-0.1, -0.05) is 109 Å². The molecular formula is C97H96N12O10S4. The maximum Gasteiger partial charge on any atom is 0.271 e. The quantitative estimate of drug-likeness (QED) is 0.0646. The van der Waals surface area contributed by atoms with Crippen molar-refractivity contribution in [2.45, 2.75) is 73.0 Å². The third-order valence-corrected chi connectivity index (χ3v) is 30.3. The zero-order valence-electron chi connectivity index (χ0n) is 69.8. The molecule has 4 aliphatic rings. The van der Waals surface area contributed by atoms with E-state index in [9.17, 15) is 43.8 Å². The Balaban J connectivity index is 0.000000122. The molecule has 22 nitrogen and oxygen atoms in total. The van der Waals surface area contributed by atoms with E-state index in [2.05, 4.69) is 155 Å². The van der Waals surface area contributed by atoms with Crippen LogP contribution < -0.4 is 0 Å². The lowest BCUT2D eigenvalue weighted by Gasteiger charge is -2.21. The van der Waals surface area contributed by atoms with E-state index in [0.29, 0.717) is 37.2 Å². The standard InChI is InChI=1S/2C26H27N3O2S.C25H23N3O2S.C20H19N3O4S/c1-19-9-10-20(2)29(19)22-11-12-26-24(17-22)25(21-13-15-27(3)16-14-21)18-28(26)32(30,31)23-7-5-4-6-8-23;1-19-9-10-20(2)29(19)22-11-12-24-25(21-13-15-27(3)16-14-21)18-28(26(24)17-22)32(30,31)23-7-5-4-6-8-23;1-27-15-11-20(12-16-27)24-18-28(31(29,30)22-5-3-2-4-6-22)25-8-7-21(17-23(24)25)19-9-13-26-14-10-19;1-21-11-9-15(10-12-21)19-14-22(28(26,27)17-5-3-2-4-6-17)20-13-16(23(24)25)7-8-18(19)20/h2*4-13,17-18H,14-16H2,1-3H3;2-11,13-14,17-18H,12,15-16H2,1H3;2-9,13-14H,10-12H2,1H3. The van der Waals surface area contributed by atoms with Crippen LogP contribution in [-0.4, -0.2) is 169 Å². The number of benzene rings is 8. The Morgan fingerprint density at radius 1 is 0.317 bits per heavy atom. The second kappa shape index (κ2) is 34.9. The van der Waals surface area contributed by atoms with Gasteiger partial charge in [0.15, 0.2) is 0 Å². The summed E-state index contributed by atoms with van der Waals surface area (Å²) in [5.74, 6) is 0. The van der Waals surface area contributed by atoms with Crippen molar-refractivity contribution < 1.29 is 38.6 Å². The van der Waals surface area contributed by atoms with Gasteiger partial charge in [0, 0.05) is 180 Å². The number of non-ortho nitro benzene ring substituents is 1. The van der Waals surface area contributed by atoms with E-state index in [-0.39, 0.29) is 15.5 Å². The molecular weight excluding hydrogens is 1620 g/mol. The summed E-state index contributed by atoms with van der Waals surface area (Å²) in [4.78, 5) is 24.8. The Labute approximate surface area is 718 Å². The summed E-state index contributed by atoms with van der Waals surface area (Å²) in [6.07, 6.45) is 22.7. The molecule has 0 radical (unpaired) electrons. The number of pyridine rings is 1. The lowest BCUT2D eigenvalue weighted by molar-refractivity contribution is -0.384. The lowest BCUT2D eigenvalue weighted by atomic mass is 9.97. The zero-order valence-corrected chi connectivity index (χ0v) is 73.0. The summed E-state index contributed by atoms with van der Waals surface area (Å²) in [6.45, 7) is 15.4. The Bertz CT molecular complexity index is 7130. The van der Waals surface area contributed by atoms with Crippen molar-refractivity contribution in [3.05, 3.63) is 347 Å². The molecule has 0 spiro atoms. The van der Waals surface area contributed by atoms with Crippen LogP contribution >= 0.6 is 0 Å². The fourth-order valence-electron chi connectivity index (χ4n) is 16.7. The predicted octanol–water partition coefficient (Wildman–Crippen LogP) is 18.2. The number of hydrogen-bond acceptors (Lipinski definition) is 15. The van der Waals surface area contributed by atoms with Gasteiger partial charge >= 0.3 is 0 Å². The van der Waals surface area contributed by atoms with Crippen molar-refractivity contribution in [3.63, 3.8) is 0 Å². The highest BCUT2D eigenvalue weighted by Gasteiger charge is 2.30. The molecule has 26 heteroatoms. The van der Waals surface area contributed by atoms with Gasteiger partial charge in [-0.15, -0.1) is 0 Å². The first kappa shape index (κ1) is 84.2. The molecule has 0 N–H and O–H groups in total. The number of aromatic nitrogens is 7. The van der Waals surface area contributed by atoms with E-state index >= 15 is 0 Å². The van der Waals surface area contributed by atoms with Crippen LogP contribution in [0, 0.1) is 37.8 Å².